The van der Waals surface area contributed by atoms with Gasteiger partial charge in [0.25, 0.3) is 16.0 Å². The predicted octanol–water partition coefficient (Wildman–Crippen LogP) is 2.70. The van der Waals surface area contributed by atoms with Crippen LogP contribution >= 0.6 is 11.5 Å². The molecule has 0 unspecified atom stereocenters. The van der Waals surface area contributed by atoms with E-state index in [1.54, 1.807) is 17.0 Å². The Morgan fingerprint density at radius 3 is 2.52 bits per heavy atom. The first-order chi connectivity index (χ1) is 13.5. The van der Waals surface area contributed by atoms with Crippen molar-refractivity contribution in [1.82, 2.24) is 14.3 Å². The molecule has 1 aromatic heterocycles. The average Bonchev–Trinajstić information content (AvgIpc) is 3.08. The summed E-state index contributed by atoms with van der Waals surface area (Å²) in [6.07, 6.45) is -0.332. The molecule has 1 aliphatic rings. The molecule has 1 aliphatic heterocycles. The molecule has 0 aliphatic carbocycles. The molecule has 11 heteroatoms. The third-order valence-electron chi connectivity index (χ3n) is 4.14. The molecule has 0 bridgehead atoms. The van der Waals surface area contributed by atoms with Crippen LogP contribution in [0.2, 0.25) is 0 Å². The Bertz CT molecular complexity index is 976. The molecule has 2 aromatic rings. The van der Waals surface area contributed by atoms with Crippen molar-refractivity contribution >= 4 is 38.7 Å². The van der Waals surface area contributed by atoms with Gasteiger partial charge in [-0.2, -0.15) is 9.36 Å². The summed E-state index contributed by atoms with van der Waals surface area (Å²) in [6, 6.07) is 6.63. The molecule has 1 saturated heterocycles. The van der Waals surface area contributed by atoms with Crippen molar-refractivity contribution in [2.24, 2.45) is 0 Å². The van der Waals surface area contributed by atoms with E-state index in [0.717, 1.165) is 17.1 Å². The molecule has 9 nitrogen and oxygen atoms in total. The Kier molecular flexibility index (Phi) is 5.99. The van der Waals surface area contributed by atoms with E-state index in [0.29, 0.717) is 31.3 Å². The van der Waals surface area contributed by atoms with Crippen LogP contribution < -0.4 is 9.62 Å². The number of ether oxygens (including phenoxy) is 1. The van der Waals surface area contributed by atoms with Crippen molar-refractivity contribution in [2.75, 3.05) is 35.8 Å². The monoisotopic (exact) mass is 439 g/mol. The van der Waals surface area contributed by atoms with Crippen LogP contribution in [0, 0.1) is 6.92 Å². The average molecular weight is 440 g/mol. The molecular weight excluding hydrogens is 414 g/mol. The number of rotatable bonds is 4. The van der Waals surface area contributed by atoms with E-state index in [1.807, 2.05) is 38.7 Å². The van der Waals surface area contributed by atoms with Crippen molar-refractivity contribution in [1.29, 1.82) is 0 Å². The highest BCUT2D eigenvalue weighted by atomic mass is 32.2. The van der Waals surface area contributed by atoms with Crippen LogP contribution in [0.5, 0.6) is 0 Å². The first-order valence-corrected chi connectivity index (χ1v) is 11.5. The third kappa shape index (κ3) is 5.57. The van der Waals surface area contributed by atoms with Crippen LogP contribution in [0.15, 0.2) is 29.2 Å². The highest BCUT2D eigenvalue weighted by Crippen LogP contribution is 2.23. The second-order valence-electron chi connectivity index (χ2n) is 7.78. The summed E-state index contributed by atoms with van der Waals surface area (Å²) in [5.74, 6) is 0.0427. The smallest absolute Gasteiger partial charge is 0.410 e. The molecule has 3 rings (SSSR count). The number of piperazine rings is 1. The van der Waals surface area contributed by atoms with Crippen molar-refractivity contribution in [3.8, 4) is 0 Å². The molecule has 1 N–H and O–H groups in total. The van der Waals surface area contributed by atoms with Gasteiger partial charge in [-0.05, 0) is 45.4 Å². The van der Waals surface area contributed by atoms with E-state index in [-0.39, 0.29) is 16.9 Å². The number of aryl methyl sites for hydroxylation is 1. The summed E-state index contributed by atoms with van der Waals surface area (Å²) in [5, 5.41) is 0.607. The lowest BCUT2D eigenvalue weighted by molar-refractivity contribution is 0.0240. The van der Waals surface area contributed by atoms with Gasteiger partial charge in [0, 0.05) is 37.7 Å². The van der Waals surface area contributed by atoms with Gasteiger partial charge in [0.1, 0.15) is 5.60 Å². The number of anilines is 2. The highest BCUT2D eigenvalue weighted by Gasteiger charge is 2.27. The number of benzene rings is 1. The fraction of sp³-hybridized carbons (Fsp3) is 0.500. The van der Waals surface area contributed by atoms with E-state index in [9.17, 15) is 13.2 Å². The summed E-state index contributed by atoms with van der Waals surface area (Å²) < 4.78 is 37.0. The molecule has 158 valence electrons. The molecule has 0 atom stereocenters. The zero-order valence-corrected chi connectivity index (χ0v) is 18.5. The van der Waals surface area contributed by atoms with E-state index in [1.165, 1.54) is 6.07 Å². The number of nitrogens with zero attached hydrogens (tertiary/aromatic N) is 4. The van der Waals surface area contributed by atoms with E-state index >= 15 is 0 Å². The topological polar surface area (TPSA) is 105 Å². The summed E-state index contributed by atoms with van der Waals surface area (Å²) in [5.41, 5.74) is 0.319. The largest absolute Gasteiger partial charge is 0.444 e. The molecule has 1 amide bonds. The number of amides is 1. The van der Waals surface area contributed by atoms with Crippen molar-refractivity contribution in [2.45, 2.75) is 38.2 Å². The van der Waals surface area contributed by atoms with Gasteiger partial charge in [0.15, 0.2) is 0 Å². The van der Waals surface area contributed by atoms with Gasteiger partial charge < -0.3 is 14.5 Å². The molecule has 1 aromatic carbocycles. The van der Waals surface area contributed by atoms with Crippen LogP contribution in [-0.2, 0) is 14.8 Å². The normalized spacial score (nSPS) is 15.3. The van der Waals surface area contributed by atoms with Crippen molar-refractivity contribution in [3.63, 3.8) is 0 Å². The molecule has 1 fully saturated rings. The van der Waals surface area contributed by atoms with Gasteiger partial charge in [-0.25, -0.2) is 17.9 Å². The lowest BCUT2D eigenvalue weighted by atomic mass is 10.2. The number of aromatic nitrogens is 2. The first kappa shape index (κ1) is 21.3. The van der Waals surface area contributed by atoms with E-state index < -0.39 is 15.6 Å². The first-order valence-electron chi connectivity index (χ1n) is 9.19. The second kappa shape index (κ2) is 8.15. The second-order valence-corrected chi connectivity index (χ2v) is 10.2. The van der Waals surface area contributed by atoms with Crippen LogP contribution in [0.3, 0.4) is 0 Å². The summed E-state index contributed by atoms with van der Waals surface area (Å²) in [4.78, 5) is 20.3. The van der Waals surface area contributed by atoms with Crippen LogP contribution in [0.4, 0.5) is 15.9 Å². The maximum Gasteiger partial charge on any atom is 0.410 e. The third-order valence-corrected chi connectivity index (χ3v) is 6.25. The molecular formula is C18H25N5O4S2. The Hall–Kier alpha value is -2.40. The highest BCUT2D eigenvalue weighted by molar-refractivity contribution is 7.92. The zero-order valence-electron chi connectivity index (χ0n) is 16.9. The van der Waals surface area contributed by atoms with Crippen molar-refractivity contribution in [3.05, 3.63) is 29.8 Å². The summed E-state index contributed by atoms with van der Waals surface area (Å²) >= 11 is 1.12. The number of hydrogen-bond donors (Lipinski definition) is 1. The number of carbonyl (C=O) groups is 1. The number of sulfonamides is 1. The fourth-order valence-electron chi connectivity index (χ4n) is 2.75. The molecule has 29 heavy (non-hydrogen) atoms. The van der Waals surface area contributed by atoms with Crippen LogP contribution in [0.25, 0.3) is 0 Å². The number of nitrogens with one attached hydrogen (secondary N) is 1. The Morgan fingerprint density at radius 1 is 1.21 bits per heavy atom. The SMILES string of the molecule is Cc1cccc(S(=O)(=O)Nc2nsc(N3CCN(C(=O)OC(C)(C)C)CC3)n2)c1. The fourth-order valence-corrected chi connectivity index (χ4v) is 4.54. The quantitative estimate of drug-likeness (QED) is 0.781. The van der Waals surface area contributed by atoms with Crippen molar-refractivity contribution < 1.29 is 17.9 Å². The van der Waals surface area contributed by atoms with Gasteiger partial charge >= 0.3 is 6.09 Å². The minimum atomic E-state index is -3.75. The lowest BCUT2D eigenvalue weighted by Gasteiger charge is -2.35. The van der Waals surface area contributed by atoms with E-state index in [2.05, 4.69) is 14.1 Å². The van der Waals surface area contributed by atoms with E-state index in [4.69, 9.17) is 4.74 Å². The maximum absolute atomic E-state index is 12.5. The number of hydrogen-bond acceptors (Lipinski definition) is 8. The summed E-state index contributed by atoms with van der Waals surface area (Å²) in [7, 11) is -3.75. The number of carbonyl (C=O) groups excluding carboxylic acids is 1. The van der Waals surface area contributed by atoms with Gasteiger partial charge in [0.05, 0.1) is 4.90 Å². The standard InChI is InChI=1S/C18H25N5O4S2/c1-13-6-5-7-14(12-13)29(25,26)21-15-19-16(28-20-15)22-8-10-23(11-9-22)17(24)27-18(2,3)4/h5-7,12H,8-11H2,1-4H3,(H,20,21). The van der Waals surface area contributed by atoms with Gasteiger partial charge in [-0.15, -0.1) is 0 Å². The van der Waals surface area contributed by atoms with Gasteiger partial charge in [-0.3, -0.25) is 0 Å². The Balaban J connectivity index is 1.60. The lowest BCUT2D eigenvalue weighted by Crippen LogP contribution is -2.50. The molecule has 2 heterocycles. The van der Waals surface area contributed by atoms with Crippen LogP contribution in [-0.4, -0.2) is 60.5 Å². The molecule has 0 radical (unpaired) electrons. The molecule has 0 spiro atoms. The maximum atomic E-state index is 12.5. The van der Waals surface area contributed by atoms with Crippen LogP contribution in [0.1, 0.15) is 26.3 Å². The summed E-state index contributed by atoms with van der Waals surface area (Å²) in [6.45, 7) is 9.47. The minimum Gasteiger partial charge on any atom is -0.444 e. The zero-order chi connectivity index (χ0) is 21.2. The molecule has 0 saturated carbocycles. The van der Waals surface area contributed by atoms with Gasteiger partial charge in [0.2, 0.25) is 5.13 Å². The Labute approximate surface area is 174 Å². The van der Waals surface area contributed by atoms with Gasteiger partial charge in [-0.1, -0.05) is 12.1 Å². The predicted molar refractivity (Wildman–Crippen MR) is 112 cm³/mol. The Morgan fingerprint density at radius 2 is 1.90 bits per heavy atom. The minimum absolute atomic E-state index is 0.0427.